The van der Waals surface area contributed by atoms with E-state index in [0.29, 0.717) is 14.6 Å². The Kier molecular flexibility index (Phi) is 6.38. The molecule has 4 nitrogen and oxygen atoms in total. The minimum atomic E-state index is -0.537. The number of ether oxygens (including phenoxy) is 1. The quantitative estimate of drug-likeness (QED) is 0.466. The highest BCUT2D eigenvalue weighted by molar-refractivity contribution is 9.11. The molecule has 0 spiro atoms. The third kappa shape index (κ3) is 4.43. The van der Waals surface area contributed by atoms with E-state index in [2.05, 4.69) is 53.1 Å². The Morgan fingerprint density at radius 2 is 1.78 bits per heavy atom. The summed E-state index contributed by atoms with van der Waals surface area (Å²) in [5.41, 5.74) is 1.44. The molecule has 23 heavy (non-hydrogen) atoms. The van der Waals surface area contributed by atoms with Crippen LogP contribution < -0.4 is 5.32 Å². The van der Waals surface area contributed by atoms with Gasteiger partial charge < -0.3 is 10.1 Å². The predicted molar refractivity (Wildman–Crippen MR) is 99.9 cm³/mol. The Labute approximate surface area is 159 Å². The Bertz CT molecular complexity index is 735. The van der Waals surface area contributed by atoms with Crippen LogP contribution in [0.4, 0.5) is 5.69 Å². The molecule has 0 saturated heterocycles. The molecule has 0 bridgehead atoms. The first-order valence-electron chi connectivity index (χ1n) is 6.51. The molecule has 0 saturated carbocycles. The van der Waals surface area contributed by atoms with Crippen LogP contribution in [0.15, 0.2) is 51.4 Å². The average Bonchev–Trinajstić information content (AvgIpc) is 2.56. The summed E-state index contributed by atoms with van der Waals surface area (Å²) >= 11 is 10.1. The van der Waals surface area contributed by atoms with Gasteiger partial charge >= 0.3 is 5.97 Å². The van der Waals surface area contributed by atoms with Gasteiger partial charge in [-0.3, -0.25) is 4.79 Å². The van der Waals surface area contributed by atoms with Crippen molar-refractivity contribution in [3.63, 3.8) is 0 Å². The number of benzene rings is 2. The summed E-state index contributed by atoms with van der Waals surface area (Å²) in [6.07, 6.45) is 0. The highest BCUT2D eigenvalue weighted by atomic mass is 79.9. The van der Waals surface area contributed by atoms with Gasteiger partial charge in [0.1, 0.15) is 4.83 Å². The number of anilines is 1. The van der Waals surface area contributed by atoms with Gasteiger partial charge in [-0.1, -0.05) is 62.2 Å². The van der Waals surface area contributed by atoms with Crippen molar-refractivity contribution in [2.45, 2.75) is 4.83 Å². The first-order valence-corrected chi connectivity index (χ1v) is 9.01. The van der Waals surface area contributed by atoms with Crippen molar-refractivity contribution in [3.8, 4) is 0 Å². The number of amides is 1. The molecule has 0 aliphatic carbocycles. The first kappa shape index (κ1) is 18.2. The lowest BCUT2D eigenvalue weighted by Crippen LogP contribution is -2.19. The minimum absolute atomic E-state index is 0.259. The van der Waals surface area contributed by atoms with Crippen LogP contribution in [0.2, 0.25) is 0 Å². The van der Waals surface area contributed by atoms with Gasteiger partial charge in [-0.05, 0) is 33.6 Å². The topological polar surface area (TPSA) is 55.4 Å². The smallest absolute Gasteiger partial charge is 0.340 e. The fraction of sp³-hybridized carbons (Fsp3) is 0.125. The van der Waals surface area contributed by atoms with Crippen LogP contribution in [-0.4, -0.2) is 19.0 Å². The zero-order valence-electron chi connectivity index (χ0n) is 12.0. The van der Waals surface area contributed by atoms with Gasteiger partial charge in [0.25, 0.3) is 0 Å². The molecule has 2 rings (SSSR count). The summed E-state index contributed by atoms with van der Waals surface area (Å²) < 4.78 is 6.04. The maximum absolute atomic E-state index is 12.5. The lowest BCUT2D eigenvalue weighted by Gasteiger charge is -2.15. The monoisotopic (exact) mass is 503 g/mol. The SMILES string of the molecule is COC(=O)c1cc(Br)cc(Br)c1NC(=O)C(Br)c1ccccc1. The van der Waals surface area contributed by atoms with E-state index >= 15 is 0 Å². The van der Waals surface area contributed by atoms with E-state index in [1.807, 2.05) is 30.3 Å². The van der Waals surface area contributed by atoms with Crippen LogP contribution in [-0.2, 0) is 9.53 Å². The molecule has 0 fully saturated rings. The third-order valence-corrected chi connectivity index (χ3v) is 5.06. The van der Waals surface area contributed by atoms with Gasteiger partial charge in [-0.25, -0.2) is 4.79 Å². The molecule has 0 radical (unpaired) electrons. The van der Waals surface area contributed by atoms with Crippen molar-refractivity contribution < 1.29 is 14.3 Å². The molecule has 2 aromatic carbocycles. The zero-order valence-corrected chi connectivity index (χ0v) is 16.7. The predicted octanol–water partition coefficient (Wildman–Crippen LogP) is 5.07. The second-order valence-electron chi connectivity index (χ2n) is 4.56. The second kappa shape index (κ2) is 8.08. The highest BCUT2D eigenvalue weighted by Gasteiger charge is 2.22. The van der Waals surface area contributed by atoms with E-state index in [9.17, 15) is 9.59 Å². The minimum Gasteiger partial charge on any atom is -0.465 e. The Morgan fingerprint density at radius 3 is 2.39 bits per heavy atom. The summed E-state index contributed by atoms with van der Waals surface area (Å²) in [4.78, 5) is 23.9. The Hall–Kier alpha value is -1.18. The average molecular weight is 506 g/mol. The van der Waals surface area contributed by atoms with Gasteiger partial charge in [0, 0.05) is 8.95 Å². The number of halogens is 3. The molecule has 1 N–H and O–H groups in total. The zero-order chi connectivity index (χ0) is 17.0. The summed E-state index contributed by atoms with van der Waals surface area (Å²) in [5, 5.41) is 2.77. The molecule has 120 valence electrons. The van der Waals surface area contributed by atoms with Crippen molar-refractivity contribution in [2.24, 2.45) is 0 Å². The first-order chi connectivity index (χ1) is 10.9. The van der Waals surface area contributed by atoms with Crippen LogP contribution in [0.25, 0.3) is 0 Å². The van der Waals surface area contributed by atoms with Crippen molar-refractivity contribution in [2.75, 3.05) is 12.4 Å². The second-order valence-corrected chi connectivity index (χ2v) is 7.25. The van der Waals surface area contributed by atoms with E-state index in [0.717, 1.165) is 5.56 Å². The van der Waals surface area contributed by atoms with Gasteiger partial charge in [-0.2, -0.15) is 0 Å². The molecular weight excluding hydrogens is 494 g/mol. The molecule has 1 unspecified atom stereocenters. The molecule has 0 heterocycles. The fourth-order valence-corrected chi connectivity index (χ4v) is 3.68. The number of hydrogen-bond acceptors (Lipinski definition) is 3. The summed E-state index contributed by atoms with van der Waals surface area (Å²) in [7, 11) is 1.29. The largest absolute Gasteiger partial charge is 0.465 e. The van der Waals surface area contributed by atoms with E-state index < -0.39 is 10.8 Å². The Balaban J connectivity index is 2.32. The van der Waals surface area contributed by atoms with Crippen molar-refractivity contribution in [1.82, 2.24) is 0 Å². The van der Waals surface area contributed by atoms with E-state index in [-0.39, 0.29) is 11.5 Å². The molecule has 1 amide bonds. The number of rotatable bonds is 4. The molecule has 2 aromatic rings. The lowest BCUT2D eigenvalue weighted by molar-refractivity contribution is -0.115. The van der Waals surface area contributed by atoms with Gasteiger partial charge in [-0.15, -0.1) is 0 Å². The van der Waals surface area contributed by atoms with Crippen LogP contribution in [0.5, 0.6) is 0 Å². The number of nitrogens with one attached hydrogen (secondary N) is 1. The number of methoxy groups -OCH3 is 1. The number of carbonyl (C=O) groups is 2. The molecule has 0 aromatic heterocycles. The maximum atomic E-state index is 12.5. The summed E-state index contributed by atoms with van der Waals surface area (Å²) in [6, 6.07) is 12.6. The normalized spacial score (nSPS) is 11.7. The van der Waals surface area contributed by atoms with Crippen molar-refractivity contribution in [1.29, 1.82) is 0 Å². The highest BCUT2D eigenvalue weighted by Crippen LogP contribution is 2.33. The number of esters is 1. The standard InChI is InChI=1S/C16H12Br3NO3/c1-23-16(22)11-7-10(17)8-12(18)14(11)20-15(21)13(19)9-5-3-2-4-6-9/h2-8,13H,1H3,(H,20,21). The van der Waals surface area contributed by atoms with Crippen LogP contribution in [0, 0.1) is 0 Å². The molecule has 0 aliphatic heterocycles. The lowest BCUT2D eigenvalue weighted by atomic mass is 10.1. The van der Waals surface area contributed by atoms with Crippen molar-refractivity contribution in [3.05, 3.63) is 62.5 Å². The van der Waals surface area contributed by atoms with Gasteiger partial charge in [0.2, 0.25) is 5.91 Å². The van der Waals surface area contributed by atoms with Gasteiger partial charge in [0.05, 0.1) is 18.4 Å². The Morgan fingerprint density at radius 1 is 1.13 bits per heavy atom. The van der Waals surface area contributed by atoms with Crippen LogP contribution >= 0.6 is 47.8 Å². The molecule has 1 atom stereocenters. The van der Waals surface area contributed by atoms with Gasteiger partial charge in [0.15, 0.2) is 0 Å². The van der Waals surface area contributed by atoms with E-state index in [4.69, 9.17) is 4.74 Å². The molecule has 7 heteroatoms. The van der Waals surface area contributed by atoms with Crippen molar-refractivity contribution >= 4 is 65.4 Å². The summed E-state index contributed by atoms with van der Waals surface area (Å²) in [6.45, 7) is 0. The van der Waals surface area contributed by atoms with E-state index in [1.165, 1.54) is 7.11 Å². The molecular formula is C16H12Br3NO3. The summed E-state index contributed by atoms with van der Waals surface area (Å²) in [5.74, 6) is -0.822. The third-order valence-electron chi connectivity index (χ3n) is 3.03. The van der Waals surface area contributed by atoms with Crippen LogP contribution in [0.1, 0.15) is 20.7 Å². The molecule has 0 aliphatic rings. The number of carbonyl (C=O) groups excluding carboxylic acids is 2. The van der Waals surface area contributed by atoms with Crippen LogP contribution in [0.3, 0.4) is 0 Å². The number of hydrogen-bond donors (Lipinski definition) is 1. The maximum Gasteiger partial charge on any atom is 0.340 e. The number of alkyl halides is 1. The fourth-order valence-electron chi connectivity index (χ4n) is 1.93. The van der Waals surface area contributed by atoms with E-state index in [1.54, 1.807) is 12.1 Å².